The van der Waals surface area contributed by atoms with Gasteiger partial charge in [0.25, 0.3) is 0 Å². The van der Waals surface area contributed by atoms with Crippen molar-refractivity contribution in [3.05, 3.63) is 35.9 Å². The average Bonchev–Trinajstić information content (AvgIpc) is 2.49. The van der Waals surface area contributed by atoms with Gasteiger partial charge in [-0.1, -0.05) is 37.3 Å². The van der Waals surface area contributed by atoms with Crippen LogP contribution >= 0.6 is 0 Å². The number of nitrogens with zero attached hydrogens (tertiary/aromatic N) is 1. The minimum atomic E-state index is 0.0338. The Morgan fingerprint density at radius 1 is 1.24 bits per heavy atom. The highest BCUT2D eigenvalue weighted by molar-refractivity contribution is 5.76. The summed E-state index contributed by atoms with van der Waals surface area (Å²) in [5.74, 6) is 0.0920. The highest BCUT2D eigenvalue weighted by Gasteiger charge is 2.14. The topological polar surface area (TPSA) is 49.4 Å². The maximum absolute atomic E-state index is 11.8. The minimum absolute atomic E-state index is 0.0338. The Kier molecular flexibility index (Phi) is 7.51. The Morgan fingerprint density at radius 3 is 2.48 bits per heavy atom. The molecule has 4 nitrogen and oxygen atoms in total. The van der Waals surface area contributed by atoms with Gasteiger partial charge in [0.2, 0.25) is 11.8 Å². The van der Waals surface area contributed by atoms with E-state index in [1.807, 2.05) is 37.3 Å². The molecule has 0 fully saturated rings. The van der Waals surface area contributed by atoms with Crippen LogP contribution in [0.15, 0.2) is 30.3 Å². The Bertz CT molecular complexity index is 445. The van der Waals surface area contributed by atoms with Crippen molar-refractivity contribution in [3.8, 4) is 0 Å². The molecule has 1 unspecified atom stereocenters. The number of aryl methyl sites for hydroxylation is 1. The number of nitrogens with one attached hydrogen (secondary N) is 1. The van der Waals surface area contributed by atoms with E-state index in [4.69, 9.17) is 0 Å². The lowest BCUT2D eigenvalue weighted by Crippen LogP contribution is -2.42. The first-order chi connectivity index (χ1) is 10.0. The molecule has 4 heteroatoms. The summed E-state index contributed by atoms with van der Waals surface area (Å²) in [6.07, 6.45) is 2.14. The highest BCUT2D eigenvalue weighted by atomic mass is 16.2. The molecule has 0 bridgehead atoms. The van der Waals surface area contributed by atoms with Crippen LogP contribution in [0.5, 0.6) is 0 Å². The summed E-state index contributed by atoms with van der Waals surface area (Å²) in [5.41, 5.74) is 1.16. The molecule has 0 radical (unpaired) electrons. The van der Waals surface area contributed by atoms with Crippen molar-refractivity contribution in [2.75, 3.05) is 13.1 Å². The largest absolute Gasteiger partial charge is 0.354 e. The molecule has 1 N–H and O–H groups in total. The zero-order valence-electron chi connectivity index (χ0n) is 13.3. The zero-order chi connectivity index (χ0) is 15.7. The zero-order valence-corrected chi connectivity index (χ0v) is 13.3. The second-order valence-electron chi connectivity index (χ2n) is 5.31. The van der Waals surface area contributed by atoms with Gasteiger partial charge < -0.3 is 10.2 Å². The van der Waals surface area contributed by atoms with E-state index in [9.17, 15) is 9.59 Å². The number of carbonyl (C=O) groups is 2. The van der Waals surface area contributed by atoms with Crippen LogP contribution in [0.25, 0.3) is 0 Å². The fourth-order valence-corrected chi connectivity index (χ4v) is 2.22. The maximum Gasteiger partial charge on any atom is 0.220 e. The van der Waals surface area contributed by atoms with Gasteiger partial charge in [-0.05, 0) is 25.3 Å². The van der Waals surface area contributed by atoms with E-state index in [1.165, 1.54) is 0 Å². The van der Waals surface area contributed by atoms with Gasteiger partial charge in [0.05, 0.1) is 0 Å². The lowest BCUT2D eigenvalue weighted by atomic mass is 10.1. The van der Waals surface area contributed by atoms with Crippen molar-refractivity contribution < 1.29 is 9.59 Å². The molecule has 21 heavy (non-hydrogen) atoms. The first-order valence-electron chi connectivity index (χ1n) is 7.62. The number of rotatable bonds is 8. The van der Waals surface area contributed by atoms with Crippen molar-refractivity contribution in [1.29, 1.82) is 0 Å². The van der Waals surface area contributed by atoms with Gasteiger partial charge in [-0.2, -0.15) is 0 Å². The Labute approximate surface area is 127 Å². The summed E-state index contributed by atoms with van der Waals surface area (Å²) in [5, 5.41) is 2.88. The summed E-state index contributed by atoms with van der Waals surface area (Å²) in [6, 6.07) is 10.2. The second kappa shape index (κ2) is 9.16. The average molecular weight is 290 g/mol. The fraction of sp³-hybridized carbons (Fsp3) is 0.529. The summed E-state index contributed by atoms with van der Waals surface area (Å²) in [6.45, 7) is 6.74. The molecule has 0 aromatic heterocycles. The van der Waals surface area contributed by atoms with Crippen LogP contribution in [0.1, 0.15) is 39.2 Å². The molecule has 1 aromatic carbocycles. The second-order valence-corrected chi connectivity index (χ2v) is 5.31. The lowest BCUT2D eigenvalue weighted by molar-refractivity contribution is -0.131. The van der Waals surface area contributed by atoms with Crippen LogP contribution < -0.4 is 5.32 Å². The smallest absolute Gasteiger partial charge is 0.220 e. The summed E-state index contributed by atoms with van der Waals surface area (Å²) in [7, 11) is 0. The predicted molar refractivity (Wildman–Crippen MR) is 84.9 cm³/mol. The maximum atomic E-state index is 11.8. The summed E-state index contributed by atoms with van der Waals surface area (Å²) >= 11 is 0. The van der Waals surface area contributed by atoms with Crippen LogP contribution in [0.4, 0.5) is 0 Å². The number of hydrogen-bond acceptors (Lipinski definition) is 2. The molecule has 0 spiro atoms. The lowest BCUT2D eigenvalue weighted by Gasteiger charge is -2.27. The van der Waals surface area contributed by atoms with Crippen LogP contribution in [0.3, 0.4) is 0 Å². The number of amides is 2. The van der Waals surface area contributed by atoms with Gasteiger partial charge in [0, 0.05) is 32.5 Å². The van der Waals surface area contributed by atoms with Crippen molar-refractivity contribution in [3.63, 3.8) is 0 Å². The molecular weight excluding hydrogens is 264 g/mol. The first kappa shape index (κ1) is 17.2. The summed E-state index contributed by atoms with van der Waals surface area (Å²) in [4.78, 5) is 25.1. The third kappa shape index (κ3) is 6.43. The van der Waals surface area contributed by atoms with Gasteiger partial charge in [0.15, 0.2) is 0 Å². The summed E-state index contributed by atoms with van der Waals surface area (Å²) < 4.78 is 0. The van der Waals surface area contributed by atoms with Gasteiger partial charge in [-0.3, -0.25) is 9.59 Å². The van der Waals surface area contributed by atoms with E-state index in [-0.39, 0.29) is 17.9 Å². The van der Waals surface area contributed by atoms with Crippen LogP contribution in [0.2, 0.25) is 0 Å². The fourth-order valence-electron chi connectivity index (χ4n) is 2.22. The Hall–Kier alpha value is -1.84. The van der Waals surface area contributed by atoms with E-state index in [0.717, 1.165) is 18.4 Å². The molecule has 0 saturated heterocycles. The Balaban J connectivity index is 2.28. The van der Waals surface area contributed by atoms with Crippen molar-refractivity contribution in [2.45, 2.75) is 46.1 Å². The standard InChI is InChI=1S/C17H26N2O2/c1-4-14(2)19(15(3)20)13-12-18-17(21)11-10-16-8-6-5-7-9-16/h5-9,14H,4,10-13H2,1-3H3,(H,18,21). The quantitative estimate of drug-likeness (QED) is 0.799. The normalized spacial score (nSPS) is 11.8. The van der Waals surface area contributed by atoms with Crippen LogP contribution in [-0.4, -0.2) is 35.8 Å². The van der Waals surface area contributed by atoms with E-state index < -0.39 is 0 Å². The minimum Gasteiger partial charge on any atom is -0.354 e. The van der Waals surface area contributed by atoms with Crippen molar-refractivity contribution >= 4 is 11.8 Å². The van der Waals surface area contributed by atoms with Gasteiger partial charge in [-0.15, -0.1) is 0 Å². The molecule has 0 aliphatic heterocycles. The van der Waals surface area contributed by atoms with Crippen LogP contribution in [-0.2, 0) is 16.0 Å². The molecule has 0 saturated carbocycles. The monoisotopic (exact) mass is 290 g/mol. The van der Waals surface area contributed by atoms with E-state index in [0.29, 0.717) is 19.5 Å². The molecular formula is C17H26N2O2. The van der Waals surface area contributed by atoms with E-state index in [2.05, 4.69) is 12.2 Å². The molecule has 1 aromatic rings. The molecule has 116 valence electrons. The first-order valence-corrected chi connectivity index (χ1v) is 7.62. The third-order valence-electron chi connectivity index (χ3n) is 3.69. The number of hydrogen-bond donors (Lipinski definition) is 1. The van der Waals surface area contributed by atoms with Gasteiger partial charge >= 0.3 is 0 Å². The third-order valence-corrected chi connectivity index (χ3v) is 3.69. The van der Waals surface area contributed by atoms with Crippen molar-refractivity contribution in [2.24, 2.45) is 0 Å². The molecule has 0 aliphatic carbocycles. The molecule has 1 rings (SSSR count). The number of benzene rings is 1. The number of carbonyl (C=O) groups excluding carboxylic acids is 2. The van der Waals surface area contributed by atoms with E-state index >= 15 is 0 Å². The SMILES string of the molecule is CCC(C)N(CCNC(=O)CCc1ccccc1)C(C)=O. The molecule has 0 aliphatic rings. The Morgan fingerprint density at radius 2 is 1.90 bits per heavy atom. The van der Waals surface area contributed by atoms with Gasteiger partial charge in [-0.25, -0.2) is 0 Å². The molecule has 2 amide bonds. The highest BCUT2D eigenvalue weighted by Crippen LogP contribution is 2.04. The van der Waals surface area contributed by atoms with Crippen molar-refractivity contribution in [1.82, 2.24) is 10.2 Å². The van der Waals surface area contributed by atoms with Crippen LogP contribution in [0, 0.1) is 0 Å². The molecule has 1 atom stereocenters. The predicted octanol–water partition coefficient (Wildman–Crippen LogP) is 2.38. The van der Waals surface area contributed by atoms with Gasteiger partial charge in [0.1, 0.15) is 0 Å². The van der Waals surface area contributed by atoms with E-state index in [1.54, 1.807) is 11.8 Å². The molecule has 0 heterocycles.